The van der Waals surface area contributed by atoms with Crippen LogP contribution in [0.15, 0.2) is 42.5 Å². The van der Waals surface area contributed by atoms with E-state index in [9.17, 15) is 28.5 Å². The molecule has 1 heterocycles. The molecule has 0 N–H and O–H groups in total. The quantitative estimate of drug-likeness (QED) is 0.465. The Bertz CT molecular complexity index is 891. The zero-order chi connectivity index (χ0) is 19.6. The second-order valence-corrected chi connectivity index (χ2v) is 6.36. The number of nitro groups is 1. The lowest BCUT2D eigenvalue weighted by atomic mass is 9.88. The molecule has 2 aromatic rings. The first-order valence-corrected chi connectivity index (χ1v) is 8.40. The van der Waals surface area contributed by atoms with Gasteiger partial charge in [-0.15, -0.1) is 0 Å². The second-order valence-electron chi connectivity index (χ2n) is 6.36. The summed E-state index contributed by atoms with van der Waals surface area (Å²) < 4.78 is 27.1. The lowest BCUT2D eigenvalue weighted by Gasteiger charge is -2.31. The maximum absolute atomic E-state index is 13.8. The summed E-state index contributed by atoms with van der Waals surface area (Å²) in [5.41, 5.74) is -0.0512. The van der Waals surface area contributed by atoms with Gasteiger partial charge in [-0.1, -0.05) is 0 Å². The van der Waals surface area contributed by atoms with Crippen molar-refractivity contribution in [1.29, 1.82) is 0 Å². The summed E-state index contributed by atoms with van der Waals surface area (Å²) >= 11 is 0. The van der Waals surface area contributed by atoms with Crippen LogP contribution in [0.5, 0.6) is 0 Å². The number of Topliss-reactive ketones (excluding diaryl/α,β-unsaturated/α-hetero) is 1. The molecule has 1 fully saturated rings. The molecule has 0 spiro atoms. The van der Waals surface area contributed by atoms with E-state index < -0.39 is 28.3 Å². The van der Waals surface area contributed by atoms with E-state index in [4.69, 9.17) is 0 Å². The molecule has 0 unspecified atom stereocenters. The predicted octanol–water partition coefficient (Wildman–Crippen LogP) is 3.61. The highest BCUT2D eigenvalue weighted by Gasteiger charge is 2.30. The lowest BCUT2D eigenvalue weighted by Crippen LogP contribution is -2.40. The number of nitrogens with zero attached hydrogens (tertiary/aromatic N) is 2. The Labute approximate surface area is 153 Å². The number of halogens is 2. The molecule has 0 aliphatic carbocycles. The fourth-order valence-corrected chi connectivity index (χ4v) is 3.16. The first kappa shape index (κ1) is 18.6. The molecule has 0 saturated carbocycles. The van der Waals surface area contributed by atoms with E-state index in [0.717, 1.165) is 18.2 Å². The van der Waals surface area contributed by atoms with Crippen molar-refractivity contribution >= 4 is 17.4 Å². The molecular formula is C19H16F2N2O4. The number of carbonyl (C=O) groups excluding carboxylic acids is 2. The molecule has 0 bridgehead atoms. The summed E-state index contributed by atoms with van der Waals surface area (Å²) in [4.78, 5) is 36.6. The van der Waals surface area contributed by atoms with Crippen molar-refractivity contribution in [3.63, 3.8) is 0 Å². The fraction of sp³-hybridized carbons (Fsp3) is 0.263. The van der Waals surface area contributed by atoms with Gasteiger partial charge in [0.2, 0.25) is 0 Å². The smallest absolute Gasteiger partial charge is 0.269 e. The van der Waals surface area contributed by atoms with Crippen LogP contribution in [0, 0.1) is 27.7 Å². The van der Waals surface area contributed by atoms with Gasteiger partial charge < -0.3 is 4.90 Å². The zero-order valence-corrected chi connectivity index (χ0v) is 14.2. The monoisotopic (exact) mass is 374 g/mol. The number of hydrogen-bond donors (Lipinski definition) is 0. The first-order chi connectivity index (χ1) is 12.9. The number of ketones is 1. The Balaban J connectivity index is 1.64. The summed E-state index contributed by atoms with van der Waals surface area (Å²) in [6.07, 6.45) is 0.682. The van der Waals surface area contributed by atoms with E-state index in [-0.39, 0.29) is 17.2 Å². The van der Waals surface area contributed by atoms with Crippen molar-refractivity contribution in [2.24, 2.45) is 5.92 Å². The SMILES string of the molecule is O=C(c1cc(F)ccc1F)C1CCN(C(=O)c2ccc([N+](=O)[O-])cc2)CC1. The number of likely N-dealkylation sites (tertiary alicyclic amines) is 1. The van der Waals surface area contributed by atoms with Gasteiger partial charge in [0.1, 0.15) is 11.6 Å². The third kappa shape index (κ3) is 3.99. The molecular weight excluding hydrogens is 358 g/mol. The summed E-state index contributed by atoms with van der Waals surface area (Å²) in [7, 11) is 0. The van der Waals surface area contributed by atoms with Crippen LogP contribution in [0.25, 0.3) is 0 Å². The number of non-ortho nitro benzene ring substituents is 1. The van der Waals surface area contributed by atoms with E-state index >= 15 is 0 Å². The summed E-state index contributed by atoms with van der Waals surface area (Å²) in [6.45, 7) is 0.590. The molecule has 1 aliphatic rings. The number of piperidine rings is 1. The molecule has 8 heteroatoms. The van der Waals surface area contributed by atoms with Gasteiger partial charge in [0.15, 0.2) is 5.78 Å². The van der Waals surface area contributed by atoms with Gasteiger partial charge in [-0.2, -0.15) is 0 Å². The van der Waals surface area contributed by atoms with Crippen LogP contribution >= 0.6 is 0 Å². The van der Waals surface area contributed by atoms with E-state index in [1.165, 1.54) is 24.3 Å². The number of carbonyl (C=O) groups is 2. The van der Waals surface area contributed by atoms with Crippen molar-refractivity contribution in [2.45, 2.75) is 12.8 Å². The van der Waals surface area contributed by atoms with E-state index in [0.29, 0.717) is 31.5 Å². The van der Waals surface area contributed by atoms with Crippen LogP contribution in [0.4, 0.5) is 14.5 Å². The molecule has 3 rings (SSSR count). The third-order valence-electron chi connectivity index (χ3n) is 4.67. The highest BCUT2D eigenvalue weighted by atomic mass is 19.1. The minimum absolute atomic E-state index is 0.104. The van der Waals surface area contributed by atoms with E-state index in [1.807, 2.05) is 0 Å². The second kappa shape index (κ2) is 7.61. The average molecular weight is 374 g/mol. The average Bonchev–Trinajstić information content (AvgIpc) is 2.69. The highest BCUT2D eigenvalue weighted by Crippen LogP contribution is 2.25. The van der Waals surface area contributed by atoms with Gasteiger partial charge in [0.05, 0.1) is 10.5 Å². The predicted molar refractivity (Wildman–Crippen MR) is 92.4 cm³/mol. The number of amides is 1. The molecule has 140 valence electrons. The Hall–Kier alpha value is -3.16. The van der Waals surface area contributed by atoms with E-state index in [2.05, 4.69) is 0 Å². The number of rotatable bonds is 4. The molecule has 27 heavy (non-hydrogen) atoms. The van der Waals surface area contributed by atoms with Gasteiger partial charge in [0, 0.05) is 36.7 Å². The van der Waals surface area contributed by atoms with Crippen LogP contribution in [0.3, 0.4) is 0 Å². The van der Waals surface area contributed by atoms with Crippen LogP contribution in [0.1, 0.15) is 33.6 Å². The lowest BCUT2D eigenvalue weighted by molar-refractivity contribution is -0.384. The molecule has 0 aromatic heterocycles. The molecule has 0 radical (unpaired) electrons. The topological polar surface area (TPSA) is 80.5 Å². The minimum atomic E-state index is -0.759. The first-order valence-electron chi connectivity index (χ1n) is 8.40. The van der Waals surface area contributed by atoms with Crippen LogP contribution in [0.2, 0.25) is 0 Å². The molecule has 0 atom stereocenters. The van der Waals surface area contributed by atoms with Crippen LogP contribution in [-0.2, 0) is 0 Å². The largest absolute Gasteiger partial charge is 0.339 e. The fourth-order valence-electron chi connectivity index (χ4n) is 3.16. The Morgan fingerprint density at radius 2 is 1.67 bits per heavy atom. The van der Waals surface area contributed by atoms with Gasteiger partial charge in [0.25, 0.3) is 11.6 Å². The standard InChI is InChI=1S/C19H16F2N2O4/c20-14-3-6-17(21)16(11-14)18(24)12-7-9-22(10-8-12)19(25)13-1-4-15(5-2-13)23(26)27/h1-6,11-12H,7-10H2. The van der Waals surface area contributed by atoms with Gasteiger partial charge in [-0.05, 0) is 43.2 Å². The number of benzene rings is 2. The van der Waals surface area contributed by atoms with Gasteiger partial charge in [-0.3, -0.25) is 19.7 Å². The van der Waals surface area contributed by atoms with Crippen molar-refractivity contribution in [3.8, 4) is 0 Å². The Morgan fingerprint density at radius 1 is 1.04 bits per heavy atom. The molecule has 1 aliphatic heterocycles. The molecule has 1 saturated heterocycles. The molecule has 6 nitrogen and oxygen atoms in total. The van der Waals surface area contributed by atoms with E-state index in [1.54, 1.807) is 4.90 Å². The van der Waals surface area contributed by atoms with Crippen molar-refractivity contribution < 1.29 is 23.3 Å². The zero-order valence-electron chi connectivity index (χ0n) is 14.2. The normalized spacial score (nSPS) is 14.8. The van der Waals surface area contributed by atoms with Gasteiger partial charge in [-0.25, -0.2) is 8.78 Å². The maximum atomic E-state index is 13.8. The van der Waals surface area contributed by atoms with Crippen LogP contribution < -0.4 is 0 Å². The summed E-state index contributed by atoms with van der Waals surface area (Å²) in [5, 5.41) is 10.7. The summed E-state index contributed by atoms with van der Waals surface area (Å²) in [6, 6.07) is 8.07. The maximum Gasteiger partial charge on any atom is 0.269 e. The Kier molecular flexibility index (Phi) is 5.25. The molecule has 1 amide bonds. The van der Waals surface area contributed by atoms with Crippen LogP contribution in [-0.4, -0.2) is 34.6 Å². The molecule has 2 aromatic carbocycles. The van der Waals surface area contributed by atoms with Crippen molar-refractivity contribution in [1.82, 2.24) is 4.90 Å². The van der Waals surface area contributed by atoms with Gasteiger partial charge >= 0.3 is 0 Å². The van der Waals surface area contributed by atoms with Crippen molar-refractivity contribution in [2.75, 3.05) is 13.1 Å². The Morgan fingerprint density at radius 3 is 2.26 bits per heavy atom. The third-order valence-corrected chi connectivity index (χ3v) is 4.67. The number of nitro benzene ring substituents is 1. The minimum Gasteiger partial charge on any atom is -0.339 e. The summed E-state index contributed by atoms with van der Waals surface area (Å²) in [5.74, 6) is -2.67. The number of hydrogen-bond acceptors (Lipinski definition) is 4. The highest BCUT2D eigenvalue weighted by molar-refractivity contribution is 5.98. The van der Waals surface area contributed by atoms with Crippen molar-refractivity contribution in [3.05, 3.63) is 75.3 Å².